The molecule has 1 atom stereocenters. The van der Waals surface area contributed by atoms with E-state index >= 15 is 0 Å². The molecule has 0 fully saturated rings. The molecule has 2 rings (SSSR count). The highest BCUT2D eigenvalue weighted by molar-refractivity contribution is 7.89. The molecule has 0 heterocycles. The quantitative estimate of drug-likeness (QED) is 0.836. The highest BCUT2D eigenvalue weighted by Gasteiger charge is 2.17. The third-order valence-electron chi connectivity index (χ3n) is 3.80. The molecular weight excluding hydrogens is 288 g/mol. The summed E-state index contributed by atoms with van der Waals surface area (Å²) >= 11 is 0. The molecule has 0 bridgehead atoms. The van der Waals surface area contributed by atoms with Crippen molar-refractivity contribution in [2.45, 2.75) is 38.0 Å². The van der Waals surface area contributed by atoms with Gasteiger partial charge < -0.3 is 5.32 Å². The zero-order valence-electron chi connectivity index (χ0n) is 12.2. The maximum absolute atomic E-state index is 12.1. The van der Waals surface area contributed by atoms with Gasteiger partial charge in [-0.2, -0.15) is 0 Å². The number of sulfonamides is 1. The molecule has 21 heavy (non-hydrogen) atoms. The van der Waals surface area contributed by atoms with Crippen molar-refractivity contribution >= 4 is 21.6 Å². The maximum atomic E-state index is 12.1. The van der Waals surface area contributed by atoms with Crippen LogP contribution in [0.15, 0.2) is 29.2 Å². The second-order valence-electron chi connectivity index (χ2n) is 5.48. The van der Waals surface area contributed by atoms with E-state index in [9.17, 15) is 13.2 Å². The van der Waals surface area contributed by atoms with Gasteiger partial charge in [-0.15, -0.1) is 0 Å². The first-order valence-electron chi connectivity index (χ1n) is 6.88. The van der Waals surface area contributed by atoms with Crippen LogP contribution in [0.25, 0.3) is 0 Å². The highest BCUT2D eigenvalue weighted by atomic mass is 32.2. The number of amides is 1. The van der Waals surface area contributed by atoms with Crippen molar-refractivity contribution in [1.82, 2.24) is 0 Å². The van der Waals surface area contributed by atoms with Gasteiger partial charge in [-0.3, -0.25) is 4.79 Å². The Kier molecular flexibility index (Phi) is 4.49. The van der Waals surface area contributed by atoms with Crippen LogP contribution in [-0.4, -0.2) is 14.3 Å². The largest absolute Gasteiger partial charge is 0.326 e. The third-order valence-corrected chi connectivity index (χ3v) is 4.70. The van der Waals surface area contributed by atoms with Crippen LogP contribution in [0.2, 0.25) is 0 Å². The number of benzene rings is 1. The van der Waals surface area contributed by atoms with E-state index in [1.165, 1.54) is 12.1 Å². The van der Waals surface area contributed by atoms with Gasteiger partial charge in [0.1, 0.15) is 0 Å². The minimum atomic E-state index is -3.79. The lowest BCUT2D eigenvalue weighted by Crippen LogP contribution is -2.17. The summed E-state index contributed by atoms with van der Waals surface area (Å²) in [4.78, 5) is 12.1. The minimum absolute atomic E-state index is 0.0154. The number of rotatable bonds is 4. The lowest BCUT2D eigenvalue weighted by Gasteiger charge is -2.14. The van der Waals surface area contributed by atoms with Gasteiger partial charge >= 0.3 is 0 Å². The zero-order valence-corrected chi connectivity index (χ0v) is 13.0. The monoisotopic (exact) mass is 308 g/mol. The minimum Gasteiger partial charge on any atom is -0.326 e. The van der Waals surface area contributed by atoms with Crippen LogP contribution in [0.3, 0.4) is 0 Å². The smallest absolute Gasteiger partial charge is 0.238 e. The third kappa shape index (κ3) is 3.92. The molecule has 1 aromatic carbocycles. The second-order valence-corrected chi connectivity index (χ2v) is 7.04. The summed E-state index contributed by atoms with van der Waals surface area (Å²) in [5.74, 6) is 0.161. The number of anilines is 1. The summed E-state index contributed by atoms with van der Waals surface area (Å²) in [5, 5.41) is 7.96. The summed E-state index contributed by atoms with van der Waals surface area (Å²) in [6, 6.07) is 2.93. The van der Waals surface area contributed by atoms with Gasteiger partial charge in [0.15, 0.2) is 0 Å². The van der Waals surface area contributed by atoms with E-state index in [0.29, 0.717) is 12.1 Å². The molecule has 1 amide bonds. The van der Waals surface area contributed by atoms with Gasteiger partial charge in [-0.1, -0.05) is 12.2 Å². The molecule has 6 heteroatoms. The van der Waals surface area contributed by atoms with Gasteiger partial charge in [0.25, 0.3) is 0 Å². The molecule has 1 aliphatic rings. The predicted octanol–water partition coefficient (Wildman–Crippen LogP) is 2.25. The Morgan fingerprint density at radius 3 is 2.67 bits per heavy atom. The van der Waals surface area contributed by atoms with Crippen molar-refractivity contribution in [3.05, 3.63) is 35.4 Å². The Morgan fingerprint density at radius 1 is 1.38 bits per heavy atom. The Bertz CT molecular complexity index is 693. The van der Waals surface area contributed by atoms with Crippen LogP contribution in [0, 0.1) is 19.8 Å². The average Bonchev–Trinajstić information content (AvgIpc) is 2.86. The molecule has 0 aliphatic heterocycles. The highest BCUT2D eigenvalue weighted by Crippen LogP contribution is 2.25. The van der Waals surface area contributed by atoms with Crippen molar-refractivity contribution in [3.63, 3.8) is 0 Å². The van der Waals surface area contributed by atoms with Crippen molar-refractivity contribution in [3.8, 4) is 0 Å². The first kappa shape index (κ1) is 15.7. The fourth-order valence-corrected chi connectivity index (χ4v) is 3.05. The summed E-state index contributed by atoms with van der Waals surface area (Å²) in [6.07, 6.45) is 6.54. The molecular formula is C15H20N2O3S. The molecule has 1 aromatic rings. The molecule has 0 spiro atoms. The van der Waals surface area contributed by atoms with E-state index in [0.717, 1.165) is 24.0 Å². The first-order chi connectivity index (χ1) is 9.77. The Labute approximate surface area is 125 Å². The molecule has 114 valence electrons. The number of primary sulfonamides is 1. The molecule has 0 radical (unpaired) electrons. The van der Waals surface area contributed by atoms with E-state index in [4.69, 9.17) is 5.14 Å². The van der Waals surface area contributed by atoms with Gasteiger partial charge in [-0.25, -0.2) is 13.6 Å². The molecule has 0 saturated heterocycles. The maximum Gasteiger partial charge on any atom is 0.238 e. The van der Waals surface area contributed by atoms with E-state index < -0.39 is 10.0 Å². The SMILES string of the molecule is Cc1cc(S(N)(=O)=O)cc(NC(=O)CC2C=CCC2)c1C. The summed E-state index contributed by atoms with van der Waals surface area (Å²) in [5.41, 5.74) is 2.13. The van der Waals surface area contributed by atoms with E-state index in [-0.39, 0.29) is 16.7 Å². The van der Waals surface area contributed by atoms with Crippen molar-refractivity contribution in [2.24, 2.45) is 11.1 Å². The van der Waals surface area contributed by atoms with Crippen LogP contribution in [0.5, 0.6) is 0 Å². The topological polar surface area (TPSA) is 89.3 Å². The standard InChI is InChI=1S/C15H20N2O3S/c1-10-7-13(21(16,19)20)9-14(11(10)2)17-15(18)8-12-5-3-4-6-12/h3,5,7,9,12H,4,6,8H2,1-2H3,(H,17,18)(H2,16,19,20). The second kappa shape index (κ2) is 5.99. The Morgan fingerprint density at radius 2 is 2.10 bits per heavy atom. The molecule has 5 nitrogen and oxygen atoms in total. The van der Waals surface area contributed by atoms with Crippen LogP contribution in [0.1, 0.15) is 30.4 Å². The average molecular weight is 308 g/mol. The summed E-state index contributed by atoms with van der Waals surface area (Å²) < 4.78 is 22.9. The van der Waals surface area contributed by atoms with Crippen molar-refractivity contribution in [2.75, 3.05) is 5.32 Å². The molecule has 0 saturated carbocycles. The molecule has 0 aromatic heterocycles. The van der Waals surface area contributed by atoms with Crippen LogP contribution in [-0.2, 0) is 14.8 Å². The normalized spacial score (nSPS) is 18.0. The van der Waals surface area contributed by atoms with E-state index in [1.54, 1.807) is 6.92 Å². The zero-order chi connectivity index (χ0) is 15.6. The Hall–Kier alpha value is -1.66. The molecule has 3 N–H and O–H groups in total. The molecule has 1 unspecified atom stereocenters. The van der Waals surface area contributed by atoms with Crippen molar-refractivity contribution < 1.29 is 13.2 Å². The van der Waals surface area contributed by atoms with Gasteiger partial charge in [0.2, 0.25) is 15.9 Å². The van der Waals surface area contributed by atoms with Gasteiger partial charge in [0.05, 0.1) is 4.90 Å². The van der Waals surface area contributed by atoms with E-state index in [2.05, 4.69) is 17.5 Å². The number of carbonyl (C=O) groups excluding carboxylic acids is 1. The number of hydrogen-bond acceptors (Lipinski definition) is 3. The lowest BCUT2D eigenvalue weighted by atomic mass is 10.0. The number of nitrogens with two attached hydrogens (primary N) is 1. The fourth-order valence-electron chi connectivity index (χ4n) is 2.43. The van der Waals surface area contributed by atoms with Crippen molar-refractivity contribution in [1.29, 1.82) is 0 Å². The number of carbonyl (C=O) groups is 1. The van der Waals surface area contributed by atoms with Crippen LogP contribution >= 0.6 is 0 Å². The van der Waals surface area contributed by atoms with Gasteiger partial charge in [0, 0.05) is 12.1 Å². The van der Waals surface area contributed by atoms with Gasteiger partial charge in [-0.05, 0) is 55.9 Å². The Balaban J connectivity index is 2.20. The fraction of sp³-hybridized carbons (Fsp3) is 0.400. The summed E-state index contributed by atoms with van der Waals surface area (Å²) in [6.45, 7) is 3.63. The number of allylic oxidation sites excluding steroid dienone is 2. The number of nitrogens with one attached hydrogen (secondary N) is 1. The number of hydrogen-bond donors (Lipinski definition) is 2. The van der Waals surface area contributed by atoms with Crippen LogP contribution in [0.4, 0.5) is 5.69 Å². The first-order valence-corrected chi connectivity index (χ1v) is 8.42. The lowest BCUT2D eigenvalue weighted by molar-refractivity contribution is -0.116. The van der Waals surface area contributed by atoms with E-state index in [1.807, 2.05) is 6.92 Å². The predicted molar refractivity (Wildman–Crippen MR) is 82.4 cm³/mol. The van der Waals surface area contributed by atoms with Crippen LogP contribution < -0.4 is 10.5 Å². The summed E-state index contributed by atoms with van der Waals surface area (Å²) in [7, 11) is -3.79. The molecule has 1 aliphatic carbocycles. The number of aryl methyl sites for hydroxylation is 1.